The largest absolute Gasteiger partial charge is 0.478 e. The molecule has 0 aromatic heterocycles. The number of rotatable bonds is 22. The van der Waals surface area contributed by atoms with Gasteiger partial charge in [0.25, 0.3) is 5.78 Å². The molecule has 0 radical (unpaired) electrons. The average Bonchev–Trinajstić information content (AvgIpc) is 3.87. The molecule has 16 heteroatoms. The zero-order valence-electron chi connectivity index (χ0n) is 37.3. The van der Waals surface area contributed by atoms with Crippen LogP contribution in [-0.2, 0) is 33.5 Å². The number of urea groups is 1. The molecule has 1 fully saturated rings. The zero-order valence-corrected chi connectivity index (χ0v) is 37.3. The highest BCUT2D eigenvalue weighted by Crippen LogP contribution is 2.44. The van der Waals surface area contributed by atoms with E-state index in [-0.39, 0.29) is 61.6 Å². The van der Waals surface area contributed by atoms with Crippen molar-refractivity contribution >= 4 is 52.8 Å². The predicted molar refractivity (Wildman–Crippen MR) is 239 cm³/mol. The molecule has 3 aromatic rings. The van der Waals surface area contributed by atoms with E-state index in [1.165, 1.54) is 29.2 Å². The Morgan fingerprint density at radius 3 is 1.86 bits per heavy atom. The molecule has 1 heterocycles. The van der Waals surface area contributed by atoms with Crippen LogP contribution in [0.4, 0.5) is 10.5 Å². The number of hydrazine groups is 1. The van der Waals surface area contributed by atoms with Gasteiger partial charge in [0.2, 0.25) is 23.4 Å². The van der Waals surface area contributed by atoms with Crippen molar-refractivity contribution in [2.24, 2.45) is 17.8 Å². The number of carbonyl (C=O) groups excluding carboxylic acids is 7. The minimum Gasteiger partial charge on any atom is -0.478 e. The van der Waals surface area contributed by atoms with E-state index in [0.717, 1.165) is 22.3 Å². The molecule has 2 aliphatic rings. The number of carboxylic acids is 1. The molecule has 1 aliphatic heterocycles. The molecule has 64 heavy (non-hydrogen) atoms. The number of hydrogen-bond acceptors (Lipinski definition) is 11. The van der Waals surface area contributed by atoms with Crippen LogP contribution in [0, 0.1) is 17.8 Å². The summed E-state index contributed by atoms with van der Waals surface area (Å²) < 4.78 is 5.64. The van der Waals surface area contributed by atoms with Crippen molar-refractivity contribution < 1.29 is 48.2 Å². The third kappa shape index (κ3) is 12.7. The number of Topliss-reactive ketones (excluding diaryl/α,β-unsaturated/α-hetero) is 3. The molecule has 5 rings (SSSR count). The lowest BCUT2D eigenvalue weighted by Crippen LogP contribution is -2.57. The topological polar surface area (TPSA) is 229 Å². The molecule has 6 N–H and O–H groups in total. The van der Waals surface area contributed by atoms with Gasteiger partial charge in [0, 0.05) is 18.2 Å². The van der Waals surface area contributed by atoms with Gasteiger partial charge in [0.05, 0.1) is 18.2 Å². The van der Waals surface area contributed by atoms with Gasteiger partial charge in [-0.1, -0.05) is 90.1 Å². The van der Waals surface area contributed by atoms with Gasteiger partial charge in [-0.3, -0.25) is 24.0 Å². The van der Waals surface area contributed by atoms with Gasteiger partial charge < -0.3 is 30.7 Å². The second-order valence-corrected chi connectivity index (χ2v) is 17.7. The van der Waals surface area contributed by atoms with Crippen LogP contribution in [-0.4, -0.2) is 101 Å². The number of nitrogens with one attached hydrogen (secondary N) is 5. The van der Waals surface area contributed by atoms with Gasteiger partial charge in [0.15, 0.2) is 0 Å². The molecule has 1 aliphatic carbocycles. The number of anilines is 1. The number of ether oxygens (including phenoxy) is 1. The van der Waals surface area contributed by atoms with Crippen LogP contribution in [0.3, 0.4) is 0 Å². The van der Waals surface area contributed by atoms with E-state index in [1.807, 2.05) is 90.1 Å². The van der Waals surface area contributed by atoms with Crippen molar-refractivity contribution in [3.05, 3.63) is 89.5 Å². The summed E-state index contributed by atoms with van der Waals surface area (Å²) in [5, 5.41) is 17.0. The highest BCUT2D eigenvalue weighted by molar-refractivity contribution is 6.40. The smallest absolute Gasteiger partial charge is 0.376 e. The lowest BCUT2D eigenvalue weighted by Gasteiger charge is -2.29. The van der Waals surface area contributed by atoms with E-state index < -0.39 is 77.8 Å². The quantitative estimate of drug-likeness (QED) is 0.0445. The van der Waals surface area contributed by atoms with Crippen molar-refractivity contribution in [1.82, 2.24) is 26.4 Å². The van der Waals surface area contributed by atoms with Gasteiger partial charge in [-0.05, 0) is 96.4 Å². The first-order valence-corrected chi connectivity index (χ1v) is 21.9. The number of hydrogen-bond donors (Lipinski definition) is 6. The third-order valence-corrected chi connectivity index (χ3v) is 11.2. The lowest BCUT2D eigenvalue weighted by atomic mass is 9.96. The average molecular weight is 881 g/mol. The summed E-state index contributed by atoms with van der Waals surface area (Å²) in [5.74, 6) is -6.19. The molecule has 3 aromatic carbocycles. The van der Waals surface area contributed by atoms with Crippen molar-refractivity contribution in [2.75, 3.05) is 25.0 Å². The second kappa shape index (κ2) is 22.4. The molecule has 1 saturated heterocycles. The van der Waals surface area contributed by atoms with E-state index in [9.17, 15) is 38.4 Å². The number of carboxylic acid groups (broad SMARTS) is 1. The number of ketones is 3. The fraction of sp³-hybridized carbons (Fsp3) is 0.458. The summed E-state index contributed by atoms with van der Waals surface area (Å²) in [5.41, 5.74) is 10.1. The molecule has 0 saturated carbocycles. The fourth-order valence-electron chi connectivity index (χ4n) is 8.24. The normalized spacial score (nSPS) is 15.8. The first-order valence-electron chi connectivity index (χ1n) is 21.9. The van der Waals surface area contributed by atoms with Crippen LogP contribution in [0.25, 0.3) is 11.1 Å². The minimum atomic E-state index is -1.22. The van der Waals surface area contributed by atoms with Gasteiger partial charge in [-0.25, -0.2) is 25.2 Å². The summed E-state index contributed by atoms with van der Waals surface area (Å²) in [4.78, 5) is 107. The Labute approximate surface area is 373 Å². The maximum absolute atomic E-state index is 14.0. The van der Waals surface area contributed by atoms with E-state index in [1.54, 1.807) is 0 Å². The SMILES string of the molecule is CC(C)C[C@H](NC(=O)Nc1ccc(C(=O)O)cc1)C(=O)N[C@@H](CC(C)C)C(=O)C(=O)CNN[C@@H](CC(C)C)C(=O)N1CCC[C@H]1C(=O)C(=O)OCC1c2ccccc2-c2ccccc21. The molecular formula is C48H60N6O10. The molecule has 0 unspecified atom stereocenters. The number of likely N-dealkylation sites (tertiary alicyclic amines) is 1. The van der Waals surface area contributed by atoms with Gasteiger partial charge in [0.1, 0.15) is 24.7 Å². The Morgan fingerprint density at radius 1 is 0.719 bits per heavy atom. The van der Waals surface area contributed by atoms with Crippen LogP contribution in [0.1, 0.15) is 101 Å². The Hall–Kier alpha value is -6.26. The summed E-state index contributed by atoms with van der Waals surface area (Å²) in [6.07, 6.45) is 1.42. The lowest BCUT2D eigenvalue weighted by molar-refractivity contribution is -0.157. The summed E-state index contributed by atoms with van der Waals surface area (Å²) >= 11 is 0. The first-order chi connectivity index (χ1) is 30.4. The maximum atomic E-state index is 14.0. The van der Waals surface area contributed by atoms with Crippen LogP contribution >= 0.6 is 0 Å². The molecule has 4 atom stereocenters. The van der Waals surface area contributed by atoms with Crippen LogP contribution in [0.5, 0.6) is 0 Å². The van der Waals surface area contributed by atoms with Crippen LogP contribution < -0.4 is 26.8 Å². The summed E-state index contributed by atoms with van der Waals surface area (Å²) in [6.45, 7) is 10.9. The molecule has 0 spiro atoms. The van der Waals surface area contributed by atoms with Crippen molar-refractivity contribution in [1.29, 1.82) is 0 Å². The maximum Gasteiger partial charge on any atom is 0.376 e. The number of fused-ring (bicyclic) bond motifs is 3. The number of carbonyl (C=O) groups is 8. The number of esters is 1. The Morgan fingerprint density at radius 2 is 1.28 bits per heavy atom. The molecule has 4 amide bonds. The first kappa shape index (κ1) is 48.8. The Bertz CT molecular complexity index is 2160. The van der Waals surface area contributed by atoms with E-state index in [4.69, 9.17) is 9.84 Å². The standard InChI is InChI=1S/C48H60N6O10/c1-27(2)22-37(51-44(58)38(23-28(3)4)52-48(63)50-31-19-17-30(18-20-31)46(60)61)42(56)41(55)25-49-53-39(24-29(5)6)45(59)54-21-11-16-40(54)43(57)47(62)64-26-36-34-14-9-7-12-32(34)33-13-8-10-15-35(33)36/h7-10,12-15,17-20,27-29,36-40,49,53H,11,16,21-26H2,1-6H3,(H,51,58)(H,60,61)(H2,50,52,63)/t37-,38-,39-,40-/m0/s1. The molecule has 16 nitrogen and oxygen atoms in total. The number of benzene rings is 3. The summed E-state index contributed by atoms with van der Waals surface area (Å²) in [6, 6.07) is 16.2. The van der Waals surface area contributed by atoms with Gasteiger partial charge >= 0.3 is 18.0 Å². The molecule has 0 bridgehead atoms. The second-order valence-electron chi connectivity index (χ2n) is 17.7. The van der Waals surface area contributed by atoms with Crippen LogP contribution in [0.2, 0.25) is 0 Å². The van der Waals surface area contributed by atoms with Crippen molar-refractivity contribution in [2.45, 2.75) is 104 Å². The Balaban J connectivity index is 1.17. The van der Waals surface area contributed by atoms with Gasteiger partial charge in [-0.15, -0.1) is 0 Å². The predicted octanol–water partition coefficient (Wildman–Crippen LogP) is 5.01. The summed E-state index contributed by atoms with van der Waals surface area (Å²) in [7, 11) is 0. The van der Waals surface area contributed by atoms with E-state index in [2.05, 4.69) is 26.8 Å². The van der Waals surface area contributed by atoms with Gasteiger partial charge in [-0.2, -0.15) is 0 Å². The van der Waals surface area contributed by atoms with Crippen molar-refractivity contribution in [3.63, 3.8) is 0 Å². The number of amides is 4. The third-order valence-electron chi connectivity index (χ3n) is 11.2. The fourth-order valence-corrected chi connectivity index (χ4v) is 8.24. The highest BCUT2D eigenvalue weighted by Gasteiger charge is 2.41. The van der Waals surface area contributed by atoms with E-state index >= 15 is 0 Å². The Kier molecular flexibility index (Phi) is 17.1. The zero-order chi connectivity index (χ0) is 46.7. The minimum absolute atomic E-state index is 0.00272. The monoisotopic (exact) mass is 880 g/mol. The number of aromatic carboxylic acids is 1. The molecular weight excluding hydrogens is 821 g/mol. The highest BCUT2D eigenvalue weighted by atomic mass is 16.5. The molecule has 342 valence electrons. The number of nitrogens with zero attached hydrogens (tertiary/aromatic N) is 1. The van der Waals surface area contributed by atoms with Crippen molar-refractivity contribution in [3.8, 4) is 11.1 Å². The van der Waals surface area contributed by atoms with E-state index in [0.29, 0.717) is 18.5 Å². The van der Waals surface area contributed by atoms with Crippen LogP contribution in [0.15, 0.2) is 72.8 Å².